The third-order valence-corrected chi connectivity index (χ3v) is 5.55. The summed E-state index contributed by atoms with van der Waals surface area (Å²) in [7, 11) is 1.45. The van der Waals surface area contributed by atoms with Crippen molar-refractivity contribution in [3.63, 3.8) is 0 Å². The predicted molar refractivity (Wildman–Crippen MR) is 136 cm³/mol. The number of esters is 1. The van der Waals surface area contributed by atoms with Gasteiger partial charge in [0.05, 0.1) is 35.0 Å². The van der Waals surface area contributed by atoms with E-state index in [1.807, 2.05) is 0 Å². The van der Waals surface area contributed by atoms with E-state index < -0.39 is 23.8 Å². The minimum atomic E-state index is -0.837. The van der Waals surface area contributed by atoms with Crippen molar-refractivity contribution >= 4 is 51.5 Å². The van der Waals surface area contributed by atoms with Crippen LogP contribution in [0.15, 0.2) is 46.0 Å². The molecular weight excluding hydrogens is 542 g/mol. The van der Waals surface area contributed by atoms with E-state index in [0.717, 1.165) is 0 Å². The molecule has 2 aromatic carbocycles. The maximum absolute atomic E-state index is 12.7. The third-order valence-electron chi connectivity index (χ3n) is 4.63. The Labute approximate surface area is 217 Å². The number of rotatable bonds is 11. The second-order valence-electron chi connectivity index (χ2n) is 7.54. The molecule has 0 saturated heterocycles. The Bertz CT molecular complexity index is 1090. The smallest absolute Gasteiger partial charge is 0.344 e. The molecule has 0 aliphatic carbocycles. The lowest BCUT2D eigenvalue weighted by Gasteiger charge is -2.20. The quantitative estimate of drug-likeness (QED) is 0.241. The Hall–Kier alpha value is -3.11. The molecule has 2 aromatic rings. The molecule has 9 nitrogen and oxygen atoms in total. The first kappa shape index (κ1) is 28.1. The predicted octanol–water partition coefficient (Wildman–Crippen LogP) is 3.96. The van der Waals surface area contributed by atoms with E-state index in [0.29, 0.717) is 26.6 Å². The van der Waals surface area contributed by atoms with Crippen LogP contribution in [0.5, 0.6) is 11.5 Å². The number of hydrogen-bond donors (Lipinski definition) is 2. The summed E-state index contributed by atoms with van der Waals surface area (Å²) < 4.78 is 16.2. The van der Waals surface area contributed by atoms with Crippen molar-refractivity contribution in [2.45, 2.75) is 26.8 Å². The molecule has 0 fully saturated rings. The molecule has 2 amide bonds. The number of methoxy groups -OCH3 is 1. The van der Waals surface area contributed by atoms with Crippen LogP contribution in [-0.2, 0) is 14.3 Å². The lowest BCUT2D eigenvalue weighted by molar-refractivity contribution is -0.145. The Morgan fingerprint density at radius 2 is 1.91 bits per heavy atom. The van der Waals surface area contributed by atoms with Crippen molar-refractivity contribution in [2.24, 2.45) is 11.0 Å². The molecule has 0 aliphatic heterocycles. The van der Waals surface area contributed by atoms with Gasteiger partial charge in [-0.1, -0.05) is 37.6 Å². The fourth-order valence-corrected chi connectivity index (χ4v) is 3.72. The van der Waals surface area contributed by atoms with Gasteiger partial charge in [-0.25, -0.2) is 10.2 Å². The molecule has 1 unspecified atom stereocenters. The molecule has 0 aromatic heterocycles. The van der Waals surface area contributed by atoms with E-state index in [4.69, 9.17) is 25.8 Å². The number of hydrazone groups is 1. The second-order valence-corrected chi connectivity index (χ2v) is 8.80. The minimum Gasteiger partial charge on any atom is -0.493 e. The number of amides is 2. The first-order valence-electron chi connectivity index (χ1n) is 10.7. The van der Waals surface area contributed by atoms with Crippen molar-refractivity contribution in [1.29, 1.82) is 0 Å². The van der Waals surface area contributed by atoms with Gasteiger partial charge in [-0.15, -0.1) is 0 Å². The van der Waals surface area contributed by atoms with Gasteiger partial charge < -0.3 is 19.5 Å². The highest BCUT2D eigenvalue weighted by Crippen LogP contribution is 2.36. The fraction of sp³-hybridized carbons (Fsp3) is 0.333. The normalized spacial score (nSPS) is 11.7. The number of nitrogens with zero attached hydrogens (tertiary/aromatic N) is 1. The molecular formula is C24H27BrClN3O6. The Kier molecular flexibility index (Phi) is 11.0. The lowest BCUT2D eigenvalue weighted by Crippen LogP contribution is -2.48. The summed E-state index contributed by atoms with van der Waals surface area (Å²) in [5, 5.41) is 6.98. The maximum atomic E-state index is 12.7. The highest BCUT2D eigenvalue weighted by atomic mass is 79.9. The van der Waals surface area contributed by atoms with Gasteiger partial charge >= 0.3 is 5.97 Å². The number of hydrogen-bond acceptors (Lipinski definition) is 7. The fourth-order valence-electron chi connectivity index (χ4n) is 2.93. The molecule has 2 N–H and O–H groups in total. The van der Waals surface area contributed by atoms with Gasteiger partial charge in [-0.3, -0.25) is 9.59 Å². The van der Waals surface area contributed by atoms with Crippen molar-refractivity contribution in [3.05, 3.63) is 57.0 Å². The summed E-state index contributed by atoms with van der Waals surface area (Å²) in [6, 6.07) is 9.05. The summed E-state index contributed by atoms with van der Waals surface area (Å²) in [6.07, 6.45) is 1.41. The zero-order valence-corrected chi connectivity index (χ0v) is 22.1. The second kappa shape index (κ2) is 13.7. The average Bonchev–Trinajstić information content (AvgIpc) is 2.81. The van der Waals surface area contributed by atoms with Gasteiger partial charge in [0.25, 0.3) is 11.8 Å². The van der Waals surface area contributed by atoms with Gasteiger partial charge in [0.1, 0.15) is 6.04 Å². The molecule has 11 heteroatoms. The molecule has 2 rings (SSSR count). The standard InChI is InChI=1S/C24H27BrClN3O6/c1-5-34-20(30)13-35-22-17(25)10-15(11-19(22)33-4)12-27-29-24(32)21(14(2)3)28-23(31)16-8-6-7-9-18(16)26/h6-12,14,21H,5,13H2,1-4H3,(H,28,31)(H,29,32). The van der Waals surface area contributed by atoms with Crippen LogP contribution in [0, 0.1) is 5.92 Å². The summed E-state index contributed by atoms with van der Waals surface area (Å²) in [5.74, 6) is -0.983. The van der Waals surface area contributed by atoms with Crippen LogP contribution in [0.2, 0.25) is 5.02 Å². The Balaban J connectivity index is 2.08. The van der Waals surface area contributed by atoms with Crippen LogP contribution < -0.4 is 20.2 Å². The van der Waals surface area contributed by atoms with Crippen LogP contribution in [0.25, 0.3) is 0 Å². The van der Waals surface area contributed by atoms with E-state index in [2.05, 4.69) is 31.8 Å². The number of nitrogens with one attached hydrogen (secondary N) is 2. The topological polar surface area (TPSA) is 115 Å². The molecule has 35 heavy (non-hydrogen) atoms. The Morgan fingerprint density at radius 1 is 1.20 bits per heavy atom. The van der Waals surface area contributed by atoms with Crippen LogP contribution >= 0.6 is 27.5 Å². The highest BCUT2D eigenvalue weighted by Gasteiger charge is 2.25. The zero-order chi connectivity index (χ0) is 26.0. The Morgan fingerprint density at radius 3 is 2.54 bits per heavy atom. The first-order chi connectivity index (χ1) is 16.7. The van der Waals surface area contributed by atoms with Gasteiger partial charge in [0.2, 0.25) is 0 Å². The largest absolute Gasteiger partial charge is 0.493 e. The molecule has 0 saturated carbocycles. The van der Waals surface area contributed by atoms with Gasteiger partial charge in [0.15, 0.2) is 18.1 Å². The van der Waals surface area contributed by atoms with E-state index in [9.17, 15) is 14.4 Å². The number of halogens is 2. The number of carbonyl (C=O) groups excluding carboxylic acids is 3. The van der Waals surface area contributed by atoms with E-state index >= 15 is 0 Å². The molecule has 0 radical (unpaired) electrons. The molecule has 0 heterocycles. The van der Waals surface area contributed by atoms with Crippen LogP contribution in [-0.4, -0.2) is 50.4 Å². The first-order valence-corrected chi connectivity index (χ1v) is 11.9. The van der Waals surface area contributed by atoms with Gasteiger partial charge in [-0.2, -0.15) is 5.10 Å². The van der Waals surface area contributed by atoms with Gasteiger partial charge in [0, 0.05) is 0 Å². The van der Waals surface area contributed by atoms with Crippen molar-refractivity contribution in [2.75, 3.05) is 20.3 Å². The van der Waals surface area contributed by atoms with Crippen molar-refractivity contribution < 1.29 is 28.6 Å². The van der Waals surface area contributed by atoms with Crippen LogP contribution in [0.4, 0.5) is 0 Å². The molecule has 188 valence electrons. The maximum Gasteiger partial charge on any atom is 0.344 e. The van der Waals surface area contributed by atoms with Crippen LogP contribution in [0.3, 0.4) is 0 Å². The van der Waals surface area contributed by atoms with Crippen molar-refractivity contribution in [3.8, 4) is 11.5 Å². The molecule has 0 aliphatic rings. The van der Waals surface area contributed by atoms with E-state index in [1.54, 1.807) is 57.2 Å². The summed E-state index contributed by atoms with van der Waals surface area (Å²) >= 11 is 9.46. The van der Waals surface area contributed by atoms with Crippen LogP contribution in [0.1, 0.15) is 36.7 Å². The molecule has 0 spiro atoms. The number of ether oxygens (including phenoxy) is 3. The third kappa shape index (κ3) is 8.25. The molecule has 1 atom stereocenters. The van der Waals surface area contributed by atoms with Crippen molar-refractivity contribution in [1.82, 2.24) is 10.7 Å². The molecule has 0 bridgehead atoms. The summed E-state index contributed by atoms with van der Waals surface area (Å²) in [6.45, 7) is 5.29. The number of benzene rings is 2. The zero-order valence-electron chi connectivity index (χ0n) is 19.8. The minimum absolute atomic E-state index is 0.207. The SMILES string of the molecule is CCOC(=O)COc1c(Br)cc(C=NNC(=O)C(NC(=O)c2ccccc2Cl)C(C)C)cc1OC. The monoisotopic (exact) mass is 567 g/mol. The van der Waals surface area contributed by atoms with E-state index in [1.165, 1.54) is 13.3 Å². The number of carbonyl (C=O) groups is 3. The summed E-state index contributed by atoms with van der Waals surface area (Å²) in [4.78, 5) is 36.8. The van der Waals surface area contributed by atoms with Gasteiger partial charge in [-0.05, 0) is 58.6 Å². The highest BCUT2D eigenvalue weighted by molar-refractivity contribution is 9.10. The van der Waals surface area contributed by atoms with E-state index in [-0.39, 0.29) is 24.7 Å². The summed E-state index contributed by atoms with van der Waals surface area (Å²) in [5.41, 5.74) is 3.30. The lowest BCUT2D eigenvalue weighted by atomic mass is 10.0. The average molecular weight is 569 g/mol.